The lowest BCUT2D eigenvalue weighted by atomic mass is 9.85. The zero-order valence-corrected chi connectivity index (χ0v) is 16.6. The summed E-state index contributed by atoms with van der Waals surface area (Å²) < 4.78 is 52.1. The lowest BCUT2D eigenvalue weighted by Crippen LogP contribution is -2.32. The van der Waals surface area contributed by atoms with Gasteiger partial charge in [0.15, 0.2) is 0 Å². The minimum atomic E-state index is -3.88. The maximum atomic E-state index is 12.7. The van der Waals surface area contributed by atoms with Gasteiger partial charge in [-0.1, -0.05) is 44.9 Å². The van der Waals surface area contributed by atoms with Crippen LogP contribution in [0.4, 0.5) is 0 Å². The molecule has 0 aliphatic heterocycles. The fourth-order valence-electron chi connectivity index (χ4n) is 4.19. The number of nitrogens with one attached hydrogen (secondary N) is 1. The number of hydrogen-bond acceptors (Lipinski definition) is 4. The normalized spacial score (nSPS) is 20.5. The Kier molecular flexibility index (Phi) is 6.06. The quantitative estimate of drug-likeness (QED) is 0.765. The average Bonchev–Trinajstić information content (AvgIpc) is 3.07. The summed E-state index contributed by atoms with van der Waals surface area (Å²) in [5.41, 5.74) is 0.522. The van der Waals surface area contributed by atoms with E-state index in [4.69, 9.17) is 5.14 Å². The second-order valence-corrected chi connectivity index (χ2v) is 10.9. The van der Waals surface area contributed by atoms with Crippen LogP contribution in [0.15, 0.2) is 28.0 Å². The first-order chi connectivity index (χ1) is 12.3. The Hall–Kier alpha value is -0.960. The van der Waals surface area contributed by atoms with Crippen LogP contribution in [0.2, 0.25) is 0 Å². The summed E-state index contributed by atoms with van der Waals surface area (Å²) in [4.78, 5) is 0.172. The number of rotatable bonds is 6. The predicted octanol–water partition coefficient (Wildman–Crippen LogP) is 2.68. The molecule has 1 aromatic carbocycles. The highest BCUT2D eigenvalue weighted by molar-refractivity contribution is 7.89. The molecule has 0 amide bonds. The molecule has 8 heteroatoms. The third kappa shape index (κ3) is 4.85. The van der Waals surface area contributed by atoms with Gasteiger partial charge in [-0.3, -0.25) is 0 Å². The Morgan fingerprint density at radius 2 is 1.54 bits per heavy atom. The third-order valence-corrected chi connectivity index (χ3v) is 8.09. The molecule has 3 rings (SSSR count). The number of primary sulfonamides is 1. The van der Waals surface area contributed by atoms with Crippen molar-refractivity contribution in [1.29, 1.82) is 0 Å². The van der Waals surface area contributed by atoms with Crippen molar-refractivity contribution in [3.05, 3.63) is 23.8 Å². The van der Waals surface area contributed by atoms with Crippen LogP contribution in [0.3, 0.4) is 0 Å². The van der Waals surface area contributed by atoms with Gasteiger partial charge in [0.25, 0.3) is 0 Å². The van der Waals surface area contributed by atoms with Crippen LogP contribution >= 0.6 is 0 Å². The van der Waals surface area contributed by atoms with Gasteiger partial charge in [0, 0.05) is 6.04 Å². The highest BCUT2D eigenvalue weighted by Crippen LogP contribution is 2.30. The molecule has 0 atom stereocenters. The second kappa shape index (κ2) is 7.96. The number of benzene rings is 1. The molecule has 26 heavy (non-hydrogen) atoms. The molecule has 0 radical (unpaired) electrons. The van der Waals surface area contributed by atoms with Gasteiger partial charge < -0.3 is 0 Å². The summed E-state index contributed by atoms with van der Waals surface area (Å²) in [6.07, 6.45) is 9.88. The molecule has 3 N–H and O–H groups in total. The largest absolute Gasteiger partial charge is 0.240 e. The summed E-state index contributed by atoms with van der Waals surface area (Å²) >= 11 is 0. The lowest BCUT2D eigenvalue weighted by Gasteiger charge is -2.23. The van der Waals surface area contributed by atoms with Gasteiger partial charge in [0.1, 0.15) is 0 Å². The number of hydrogen-bond donors (Lipinski definition) is 2. The topological polar surface area (TPSA) is 106 Å². The highest BCUT2D eigenvalue weighted by atomic mass is 32.2. The summed E-state index contributed by atoms with van der Waals surface area (Å²) in [5, 5.41) is 5.36. The van der Waals surface area contributed by atoms with E-state index in [2.05, 4.69) is 4.72 Å². The van der Waals surface area contributed by atoms with Gasteiger partial charge >= 0.3 is 0 Å². The molecular weight excluding hydrogens is 372 g/mol. The molecule has 0 aromatic heterocycles. The van der Waals surface area contributed by atoms with Crippen LogP contribution in [-0.4, -0.2) is 22.9 Å². The smallest absolute Gasteiger partial charge is 0.225 e. The maximum Gasteiger partial charge on any atom is 0.240 e. The van der Waals surface area contributed by atoms with E-state index < -0.39 is 20.0 Å². The molecule has 0 heterocycles. The van der Waals surface area contributed by atoms with Gasteiger partial charge in [-0.05, 0) is 48.9 Å². The summed E-state index contributed by atoms with van der Waals surface area (Å²) in [5.74, 6) is 0.380. The Balaban J connectivity index is 1.90. The van der Waals surface area contributed by atoms with Crippen molar-refractivity contribution in [1.82, 2.24) is 4.72 Å². The minimum Gasteiger partial charge on any atom is -0.225 e. The van der Waals surface area contributed by atoms with Gasteiger partial charge in [-0.15, -0.1) is 0 Å². The summed E-state index contributed by atoms with van der Waals surface area (Å²) in [7, 11) is -7.54. The number of sulfonamides is 2. The van der Waals surface area contributed by atoms with Crippen molar-refractivity contribution in [3.8, 4) is 0 Å². The molecule has 146 valence electrons. The van der Waals surface area contributed by atoms with E-state index >= 15 is 0 Å². The molecule has 0 spiro atoms. The van der Waals surface area contributed by atoms with Crippen molar-refractivity contribution < 1.29 is 16.8 Å². The predicted molar refractivity (Wildman–Crippen MR) is 101 cm³/mol. The molecule has 2 fully saturated rings. The van der Waals surface area contributed by atoms with Gasteiger partial charge in [-0.25, -0.2) is 26.7 Å². The average molecular weight is 401 g/mol. The van der Waals surface area contributed by atoms with Crippen molar-refractivity contribution in [3.63, 3.8) is 0 Å². The van der Waals surface area contributed by atoms with E-state index in [0.717, 1.165) is 51.4 Å². The van der Waals surface area contributed by atoms with Gasteiger partial charge in [0.2, 0.25) is 20.0 Å². The highest BCUT2D eigenvalue weighted by Gasteiger charge is 2.26. The standard InChI is InChI=1S/C18H28N2O4S2/c19-25(21,22)18-11-10-17(26(23,24)20-16-8-4-5-9-16)13-15(18)12-14-6-2-1-3-7-14/h10-11,13-14,16,20H,1-9,12H2,(H2,19,21,22). The van der Waals surface area contributed by atoms with E-state index in [1.165, 1.54) is 24.6 Å². The first-order valence-electron chi connectivity index (χ1n) is 9.44. The van der Waals surface area contributed by atoms with E-state index in [0.29, 0.717) is 17.9 Å². The minimum absolute atomic E-state index is 0.0280. The van der Waals surface area contributed by atoms with Crippen LogP contribution < -0.4 is 9.86 Å². The zero-order valence-electron chi connectivity index (χ0n) is 15.0. The van der Waals surface area contributed by atoms with E-state index in [1.54, 1.807) is 0 Å². The van der Waals surface area contributed by atoms with E-state index in [9.17, 15) is 16.8 Å². The van der Waals surface area contributed by atoms with Crippen molar-refractivity contribution in [2.75, 3.05) is 0 Å². The van der Waals surface area contributed by atoms with E-state index in [1.807, 2.05) is 0 Å². The molecule has 2 saturated carbocycles. The van der Waals surface area contributed by atoms with Crippen LogP contribution in [0, 0.1) is 5.92 Å². The molecule has 0 saturated heterocycles. The second-order valence-electron chi connectivity index (χ2n) is 7.63. The Morgan fingerprint density at radius 1 is 0.923 bits per heavy atom. The first kappa shape index (κ1) is 19.8. The SMILES string of the molecule is NS(=O)(=O)c1ccc(S(=O)(=O)NC2CCCC2)cc1CC1CCCCC1. The molecule has 2 aliphatic rings. The Morgan fingerprint density at radius 3 is 2.15 bits per heavy atom. The summed E-state index contributed by atoms with van der Waals surface area (Å²) in [6.45, 7) is 0. The Bertz CT molecular complexity index is 838. The van der Waals surface area contributed by atoms with Crippen LogP contribution in [-0.2, 0) is 26.5 Å². The Labute approximate surface area is 156 Å². The monoisotopic (exact) mass is 400 g/mol. The third-order valence-electron chi connectivity index (χ3n) is 5.56. The van der Waals surface area contributed by atoms with Crippen LogP contribution in [0.5, 0.6) is 0 Å². The zero-order chi connectivity index (χ0) is 18.8. The fourth-order valence-corrected chi connectivity index (χ4v) is 6.31. The molecule has 1 aromatic rings. The molecular formula is C18H28N2O4S2. The van der Waals surface area contributed by atoms with Crippen molar-refractivity contribution in [2.24, 2.45) is 11.1 Å². The maximum absolute atomic E-state index is 12.7. The first-order valence-corrected chi connectivity index (χ1v) is 12.5. The lowest BCUT2D eigenvalue weighted by molar-refractivity contribution is 0.355. The van der Waals surface area contributed by atoms with Crippen molar-refractivity contribution in [2.45, 2.75) is 80.0 Å². The van der Waals surface area contributed by atoms with Gasteiger partial charge in [-0.2, -0.15) is 0 Å². The van der Waals surface area contributed by atoms with E-state index in [-0.39, 0.29) is 15.8 Å². The van der Waals surface area contributed by atoms with Crippen LogP contribution in [0.1, 0.15) is 63.4 Å². The fraction of sp³-hybridized carbons (Fsp3) is 0.667. The van der Waals surface area contributed by atoms with Gasteiger partial charge in [0.05, 0.1) is 9.79 Å². The summed E-state index contributed by atoms with van der Waals surface area (Å²) in [6, 6.07) is 4.17. The molecule has 0 bridgehead atoms. The molecule has 2 aliphatic carbocycles. The molecule has 0 unspecified atom stereocenters. The van der Waals surface area contributed by atoms with Crippen LogP contribution in [0.25, 0.3) is 0 Å². The van der Waals surface area contributed by atoms with Crippen molar-refractivity contribution >= 4 is 20.0 Å². The number of nitrogens with two attached hydrogens (primary N) is 1. The molecule has 6 nitrogen and oxygen atoms in total.